The molecule has 11 heteroatoms. The minimum Gasteiger partial charge on any atom is -0.424 e. The fourth-order valence-electron chi connectivity index (χ4n) is 3.95. The molecule has 3 heterocycles. The average Bonchev–Trinajstić information content (AvgIpc) is 3.33. The molecular formula is C24H28BrN7O2S. The Morgan fingerprint density at radius 1 is 1.11 bits per heavy atom. The van der Waals surface area contributed by atoms with Crippen LogP contribution in [0.2, 0.25) is 0 Å². The van der Waals surface area contributed by atoms with Gasteiger partial charge in [0.1, 0.15) is 5.76 Å². The first kappa shape index (κ1) is 24.1. The molecule has 5 rings (SSSR count). The van der Waals surface area contributed by atoms with E-state index < -0.39 is 0 Å². The topological polar surface area (TPSA) is 88.5 Å². The van der Waals surface area contributed by atoms with Crippen LogP contribution in [0.5, 0.6) is 6.01 Å². The molecule has 35 heavy (non-hydrogen) atoms. The Kier molecular flexibility index (Phi) is 7.57. The van der Waals surface area contributed by atoms with Crippen LogP contribution in [0.15, 0.2) is 46.8 Å². The van der Waals surface area contributed by atoms with Gasteiger partial charge in [-0.15, -0.1) is 0 Å². The van der Waals surface area contributed by atoms with Crippen LogP contribution >= 0.6 is 27.3 Å². The number of thiazole rings is 1. The highest BCUT2D eigenvalue weighted by molar-refractivity contribution is 9.11. The number of hydrogen-bond donors (Lipinski definition) is 1. The highest BCUT2D eigenvalue weighted by atomic mass is 79.9. The Morgan fingerprint density at radius 2 is 1.97 bits per heavy atom. The molecule has 2 aromatic rings. The number of hydrogen-bond acceptors (Lipinski definition) is 10. The maximum absolute atomic E-state index is 6.00. The summed E-state index contributed by atoms with van der Waals surface area (Å²) in [5.74, 6) is 1.78. The van der Waals surface area contributed by atoms with Crippen LogP contribution in [0.25, 0.3) is 5.57 Å². The van der Waals surface area contributed by atoms with E-state index >= 15 is 0 Å². The molecule has 3 aliphatic rings. The molecule has 2 aliphatic carbocycles. The van der Waals surface area contributed by atoms with E-state index in [0.29, 0.717) is 17.0 Å². The second kappa shape index (κ2) is 11.0. The zero-order valence-electron chi connectivity index (χ0n) is 19.8. The Labute approximate surface area is 217 Å². The van der Waals surface area contributed by atoms with Crippen molar-refractivity contribution in [3.05, 3.63) is 51.7 Å². The number of anilines is 3. The summed E-state index contributed by atoms with van der Waals surface area (Å²) in [7, 11) is 3.84. The monoisotopic (exact) mass is 557 g/mol. The Hall–Kier alpha value is -2.60. The van der Waals surface area contributed by atoms with Gasteiger partial charge in [-0.1, -0.05) is 39.4 Å². The summed E-state index contributed by atoms with van der Waals surface area (Å²) in [6, 6.07) is 0.276. The zero-order valence-corrected chi connectivity index (χ0v) is 22.2. The van der Waals surface area contributed by atoms with Gasteiger partial charge in [0.2, 0.25) is 11.9 Å². The van der Waals surface area contributed by atoms with Gasteiger partial charge in [0.25, 0.3) is 0 Å². The van der Waals surface area contributed by atoms with Gasteiger partial charge < -0.3 is 19.3 Å². The lowest BCUT2D eigenvalue weighted by Gasteiger charge is -2.32. The first-order chi connectivity index (χ1) is 17.1. The second-order valence-corrected chi connectivity index (χ2v) is 10.5. The number of likely N-dealkylation sites (N-methyl/N-ethyl adjacent to an activating group) is 1. The Balaban J connectivity index is 1.37. The van der Waals surface area contributed by atoms with E-state index in [9.17, 15) is 0 Å². The van der Waals surface area contributed by atoms with Crippen LogP contribution < -0.4 is 15.0 Å². The minimum absolute atomic E-state index is 0.0648. The third-order valence-electron chi connectivity index (χ3n) is 6.01. The quantitative estimate of drug-likeness (QED) is 0.527. The van der Waals surface area contributed by atoms with E-state index in [2.05, 4.69) is 77.4 Å². The molecule has 1 fully saturated rings. The number of methoxy groups -OCH3 is 1. The van der Waals surface area contributed by atoms with E-state index in [1.54, 1.807) is 18.4 Å². The van der Waals surface area contributed by atoms with Crippen LogP contribution in [0.3, 0.4) is 0 Å². The first-order valence-electron chi connectivity index (χ1n) is 11.6. The third kappa shape index (κ3) is 5.97. The standard InChI is InChI=1S/C24H28BrN7O2S/c1-31-10-12-32(13-11-31)22-27-21(28-23(30-22)34-17-6-4-3-5-7-17)29-24-26-15-20(35-24)16-8-9-19(33-2)18(25)14-16/h4,6-8,14-15,19H,3,5,9-13H2,1-2H3,(H,26,27,28,29,30). The van der Waals surface area contributed by atoms with Gasteiger partial charge in [0.15, 0.2) is 5.13 Å². The molecule has 0 saturated carbocycles. The third-order valence-corrected chi connectivity index (χ3v) is 7.71. The summed E-state index contributed by atoms with van der Waals surface area (Å²) in [4.78, 5) is 23.9. The maximum atomic E-state index is 6.00. The van der Waals surface area contributed by atoms with Gasteiger partial charge in [-0.05, 0) is 50.1 Å². The molecule has 184 valence electrons. The summed E-state index contributed by atoms with van der Waals surface area (Å²) >= 11 is 5.16. The van der Waals surface area contributed by atoms with Gasteiger partial charge >= 0.3 is 6.01 Å². The number of rotatable bonds is 7. The van der Waals surface area contributed by atoms with Gasteiger partial charge in [0, 0.05) is 44.0 Å². The molecule has 0 bridgehead atoms. The molecule has 0 amide bonds. The van der Waals surface area contributed by atoms with Crippen molar-refractivity contribution in [1.82, 2.24) is 24.8 Å². The molecule has 1 unspecified atom stereocenters. The average molecular weight is 559 g/mol. The van der Waals surface area contributed by atoms with Gasteiger partial charge in [-0.2, -0.15) is 15.0 Å². The number of nitrogens with one attached hydrogen (secondary N) is 1. The largest absolute Gasteiger partial charge is 0.424 e. The smallest absolute Gasteiger partial charge is 0.328 e. The summed E-state index contributed by atoms with van der Waals surface area (Å²) in [6.07, 6.45) is 15.1. The van der Waals surface area contributed by atoms with Crippen LogP contribution in [0.4, 0.5) is 17.0 Å². The normalized spacial score (nSPS) is 20.8. The number of nitrogens with zero attached hydrogens (tertiary/aromatic N) is 6. The molecule has 0 radical (unpaired) electrons. The lowest BCUT2D eigenvalue weighted by molar-refractivity contribution is 0.140. The van der Waals surface area contributed by atoms with Crippen molar-refractivity contribution in [3.8, 4) is 6.01 Å². The van der Waals surface area contributed by atoms with Gasteiger partial charge in [0.05, 0.1) is 11.0 Å². The van der Waals surface area contributed by atoms with Gasteiger partial charge in [-0.25, -0.2) is 4.98 Å². The number of allylic oxidation sites excluding steroid dienone is 5. The predicted octanol–water partition coefficient (Wildman–Crippen LogP) is 4.52. The lowest BCUT2D eigenvalue weighted by Crippen LogP contribution is -2.45. The molecule has 2 aromatic heterocycles. The molecule has 1 N–H and O–H groups in total. The van der Waals surface area contributed by atoms with Crippen LogP contribution in [-0.4, -0.2) is 71.3 Å². The van der Waals surface area contributed by atoms with Gasteiger partial charge in [-0.3, -0.25) is 5.32 Å². The van der Waals surface area contributed by atoms with E-state index in [4.69, 9.17) is 14.5 Å². The van der Waals surface area contributed by atoms with Crippen molar-refractivity contribution < 1.29 is 9.47 Å². The number of piperazine rings is 1. The highest BCUT2D eigenvalue weighted by Gasteiger charge is 2.21. The molecule has 9 nitrogen and oxygen atoms in total. The Bertz CT molecular complexity index is 1180. The molecule has 0 spiro atoms. The lowest BCUT2D eigenvalue weighted by atomic mass is 10.0. The van der Waals surface area contributed by atoms with Crippen molar-refractivity contribution in [1.29, 1.82) is 0 Å². The first-order valence-corrected chi connectivity index (χ1v) is 13.3. The van der Waals surface area contributed by atoms with Crippen molar-refractivity contribution in [2.75, 3.05) is 50.6 Å². The summed E-state index contributed by atoms with van der Waals surface area (Å²) in [6.45, 7) is 3.61. The fourth-order valence-corrected chi connectivity index (χ4v) is 5.40. The molecule has 0 aromatic carbocycles. The number of aromatic nitrogens is 4. The van der Waals surface area contributed by atoms with Crippen LogP contribution in [0, 0.1) is 0 Å². The number of halogens is 1. The molecule has 1 aliphatic heterocycles. The van der Waals surface area contributed by atoms with E-state index in [0.717, 1.165) is 66.1 Å². The molecular weight excluding hydrogens is 530 g/mol. The van der Waals surface area contributed by atoms with Crippen molar-refractivity contribution in [2.24, 2.45) is 0 Å². The SMILES string of the molecule is COC1CC=C(c2cnc(Nc3nc(OC4=CCCC=C4)nc(N4CCN(C)CC4)n3)s2)C=C1Br. The zero-order chi connectivity index (χ0) is 24.2. The van der Waals surface area contributed by atoms with E-state index in [1.807, 2.05) is 12.3 Å². The maximum Gasteiger partial charge on any atom is 0.328 e. The summed E-state index contributed by atoms with van der Waals surface area (Å²) < 4.78 is 12.5. The van der Waals surface area contributed by atoms with Crippen LogP contribution in [-0.2, 0) is 4.74 Å². The predicted molar refractivity (Wildman–Crippen MR) is 142 cm³/mol. The summed E-state index contributed by atoms with van der Waals surface area (Å²) in [5.41, 5.74) is 1.12. The Morgan fingerprint density at radius 3 is 2.71 bits per heavy atom. The number of ether oxygens (including phenoxy) is 2. The molecule has 1 saturated heterocycles. The van der Waals surface area contributed by atoms with Crippen molar-refractivity contribution in [2.45, 2.75) is 25.4 Å². The molecule has 1 atom stereocenters. The minimum atomic E-state index is 0.0648. The van der Waals surface area contributed by atoms with Crippen molar-refractivity contribution in [3.63, 3.8) is 0 Å². The van der Waals surface area contributed by atoms with Crippen molar-refractivity contribution >= 4 is 49.9 Å². The second-order valence-electron chi connectivity index (χ2n) is 8.52. The highest BCUT2D eigenvalue weighted by Crippen LogP contribution is 2.34. The summed E-state index contributed by atoms with van der Waals surface area (Å²) in [5, 5.41) is 3.97. The van der Waals surface area contributed by atoms with Crippen LogP contribution in [0.1, 0.15) is 24.1 Å². The van der Waals surface area contributed by atoms with E-state index in [-0.39, 0.29) is 12.1 Å². The van der Waals surface area contributed by atoms with E-state index in [1.165, 1.54) is 0 Å². The fraction of sp³-hybridized carbons (Fsp3) is 0.417.